The van der Waals surface area contributed by atoms with Gasteiger partial charge in [-0.05, 0) is 52.8 Å². The zero-order valence-corrected chi connectivity index (χ0v) is 27.5. The van der Waals surface area contributed by atoms with Crippen molar-refractivity contribution < 1.29 is 24.2 Å². The minimum absolute atomic E-state index is 0.113. The molecule has 0 saturated heterocycles. The highest BCUT2D eigenvalue weighted by atomic mass is 16.5. The normalized spacial score (nSPS) is 11.9. The third kappa shape index (κ3) is 9.39. The maximum atomic E-state index is 13.1. The minimum Gasteiger partial charge on any atom is -0.496 e. The summed E-state index contributed by atoms with van der Waals surface area (Å²) < 4.78 is 11.3. The van der Waals surface area contributed by atoms with Crippen molar-refractivity contribution in [2.24, 2.45) is 0 Å². The van der Waals surface area contributed by atoms with Crippen LogP contribution in [0.15, 0.2) is 79.1 Å². The number of benzene rings is 3. The van der Waals surface area contributed by atoms with Gasteiger partial charge in [0.25, 0.3) is 5.91 Å². The summed E-state index contributed by atoms with van der Waals surface area (Å²) in [6.45, 7) is 9.16. The Bertz CT molecular complexity index is 1580. The van der Waals surface area contributed by atoms with Crippen molar-refractivity contribution >= 4 is 11.9 Å². The van der Waals surface area contributed by atoms with Crippen molar-refractivity contribution in [3.63, 3.8) is 0 Å². The van der Waals surface area contributed by atoms with Gasteiger partial charge >= 0.3 is 5.97 Å². The Morgan fingerprint density at radius 3 is 2.11 bits per heavy atom. The number of carboxylic acid groups (broad SMARTS) is 1. The molecule has 0 fully saturated rings. The van der Waals surface area contributed by atoms with Gasteiger partial charge in [-0.2, -0.15) is 0 Å². The number of aromatic nitrogens is 2. The van der Waals surface area contributed by atoms with Crippen molar-refractivity contribution in [1.82, 2.24) is 15.3 Å². The van der Waals surface area contributed by atoms with E-state index >= 15 is 0 Å². The molecule has 0 radical (unpaired) electrons. The predicted octanol–water partition coefficient (Wildman–Crippen LogP) is 7.89. The van der Waals surface area contributed by atoms with E-state index in [1.54, 1.807) is 18.5 Å². The van der Waals surface area contributed by atoms with Crippen LogP contribution in [0, 0.1) is 0 Å². The Balaban J connectivity index is 1.35. The SMILES string of the molecule is CCCCCCCOc1ccc(-c2cnc(-c3ccc(CC(NC(=O)c4ccc(C(C)(C)C)cc4OC)C(=O)O)cc3)nc2)cc1. The van der Waals surface area contributed by atoms with Crippen molar-refractivity contribution in [2.45, 2.75) is 77.7 Å². The molecule has 0 aliphatic rings. The van der Waals surface area contributed by atoms with Crippen LogP contribution in [0.1, 0.15) is 81.3 Å². The van der Waals surface area contributed by atoms with Crippen molar-refractivity contribution in [3.8, 4) is 34.0 Å². The average Bonchev–Trinajstić information content (AvgIpc) is 3.06. The number of hydrogen-bond acceptors (Lipinski definition) is 6. The number of nitrogens with zero attached hydrogens (tertiary/aromatic N) is 2. The Kier molecular flexibility index (Phi) is 11.9. The number of hydrogen-bond donors (Lipinski definition) is 2. The maximum Gasteiger partial charge on any atom is 0.326 e. The summed E-state index contributed by atoms with van der Waals surface area (Å²) in [6, 6.07) is 19.6. The molecule has 0 aliphatic heterocycles. The van der Waals surface area contributed by atoms with Crippen LogP contribution in [0.5, 0.6) is 11.5 Å². The first-order chi connectivity index (χ1) is 22.1. The lowest BCUT2D eigenvalue weighted by Crippen LogP contribution is -2.42. The van der Waals surface area contributed by atoms with Crippen LogP contribution in [-0.2, 0) is 16.6 Å². The standard InChI is InChI=1S/C38H45N3O5/c1-6-7-8-9-10-21-46-31-18-15-27(16-19-31)29-24-39-35(40-25-29)28-13-11-26(12-14-28)22-33(37(43)44)41-36(42)32-20-17-30(38(2,3)4)23-34(32)45-5/h11-20,23-25,33H,6-10,21-22H2,1-5H3,(H,41,42)(H,43,44). The van der Waals surface area contributed by atoms with Crippen LogP contribution in [-0.4, -0.2) is 46.7 Å². The molecule has 242 valence electrons. The zero-order valence-electron chi connectivity index (χ0n) is 27.5. The van der Waals surface area contributed by atoms with E-state index in [0.29, 0.717) is 11.6 Å². The van der Waals surface area contributed by atoms with Crippen molar-refractivity contribution in [1.29, 1.82) is 0 Å². The molecule has 1 atom stereocenters. The van der Waals surface area contributed by atoms with Gasteiger partial charge in [0.2, 0.25) is 0 Å². The second kappa shape index (κ2) is 16.0. The number of nitrogens with one attached hydrogen (secondary N) is 1. The van der Waals surface area contributed by atoms with E-state index in [4.69, 9.17) is 9.47 Å². The third-order valence-corrected chi connectivity index (χ3v) is 7.92. The van der Waals surface area contributed by atoms with Gasteiger partial charge in [-0.25, -0.2) is 14.8 Å². The van der Waals surface area contributed by atoms with Gasteiger partial charge in [0.1, 0.15) is 17.5 Å². The number of unbranched alkanes of at least 4 members (excludes halogenated alkanes) is 4. The number of carbonyl (C=O) groups excluding carboxylic acids is 1. The Hall–Kier alpha value is -4.72. The van der Waals surface area contributed by atoms with Gasteiger partial charge in [0.15, 0.2) is 5.82 Å². The summed E-state index contributed by atoms with van der Waals surface area (Å²) in [4.78, 5) is 34.3. The lowest BCUT2D eigenvalue weighted by atomic mass is 9.86. The molecule has 0 bridgehead atoms. The summed E-state index contributed by atoms with van der Waals surface area (Å²) in [7, 11) is 1.50. The highest BCUT2D eigenvalue weighted by molar-refractivity contribution is 5.99. The van der Waals surface area contributed by atoms with Gasteiger partial charge in [0, 0.05) is 29.9 Å². The lowest BCUT2D eigenvalue weighted by Gasteiger charge is -2.21. The number of carbonyl (C=O) groups is 2. The number of methoxy groups -OCH3 is 1. The molecule has 4 aromatic rings. The van der Waals surface area contributed by atoms with Crippen LogP contribution < -0.4 is 14.8 Å². The maximum absolute atomic E-state index is 13.1. The first kappa shape index (κ1) is 34.2. The molecule has 2 N–H and O–H groups in total. The Morgan fingerprint density at radius 2 is 1.50 bits per heavy atom. The molecule has 8 nitrogen and oxygen atoms in total. The molecule has 1 aromatic heterocycles. The molecular formula is C38H45N3O5. The largest absolute Gasteiger partial charge is 0.496 e. The van der Waals surface area contributed by atoms with E-state index in [1.807, 2.05) is 60.7 Å². The minimum atomic E-state index is -1.12. The highest BCUT2D eigenvalue weighted by Crippen LogP contribution is 2.29. The van der Waals surface area contributed by atoms with Crippen LogP contribution in [0.2, 0.25) is 0 Å². The predicted molar refractivity (Wildman–Crippen MR) is 181 cm³/mol. The van der Waals surface area contributed by atoms with E-state index in [1.165, 1.54) is 32.8 Å². The van der Waals surface area contributed by atoms with Crippen LogP contribution in [0.25, 0.3) is 22.5 Å². The van der Waals surface area contributed by atoms with Crippen LogP contribution >= 0.6 is 0 Å². The van der Waals surface area contributed by atoms with E-state index in [2.05, 4.69) is 43.0 Å². The first-order valence-corrected chi connectivity index (χ1v) is 16.0. The molecule has 8 heteroatoms. The van der Waals surface area contributed by atoms with E-state index in [-0.39, 0.29) is 17.4 Å². The molecule has 1 unspecified atom stereocenters. The molecule has 0 spiro atoms. The summed E-state index contributed by atoms with van der Waals surface area (Å²) in [5.41, 5.74) is 4.63. The molecule has 1 amide bonds. The monoisotopic (exact) mass is 623 g/mol. The van der Waals surface area contributed by atoms with Gasteiger partial charge < -0.3 is 19.9 Å². The molecule has 3 aromatic carbocycles. The second-order valence-electron chi connectivity index (χ2n) is 12.5. The fraction of sp³-hybridized carbons (Fsp3) is 0.368. The Labute approximate surface area is 272 Å². The van der Waals surface area contributed by atoms with E-state index in [0.717, 1.165) is 46.6 Å². The topological polar surface area (TPSA) is 111 Å². The number of amides is 1. The highest BCUT2D eigenvalue weighted by Gasteiger charge is 2.24. The smallest absolute Gasteiger partial charge is 0.326 e. The molecule has 46 heavy (non-hydrogen) atoms. The van der Waals surface area contributed by atoms with Crippen LogP contribution in [0.3, 0.4) is 0 Å². The summed E-state index contributed by atoms with van der Waals surface area (Å²) in [6.07, 6.45) is 9.73. The van der Waals surface area contributed by atoms with Crippen LogP contribution in [0.4, 0.5) is 0 Å². The van der Waals surface area contributed by atoms with Crippen molar-refractivity contribution in [2.75, 3.05) is 13.7 Å². The number of carboxylic acids is 1. The summed E-state index contributed by atoms with van der Waals surface area (Å²) >= 11 is 0. The molecular weight excluding hydrogens is 578 g/mol. The number of ether oxygens (including phenoxy) is 2. The lowest BCUT2D eigenvalue weighted by molar-refractivity contribution is -0.139. The number of rotatable bonds is 15. The summed E-state index contributed by atoms with van der Waals surface area (Å²) in [5, 5.41) is 12.5. The zero-order chi connectivity index (χ0) is 33.1. The Morgan fingerprint density at radius 1 is 0.848 bits per heavy atom. The first-order valence-electron chi connectivity index (χ1n) is 16.0. The average molecular weight is 624 g/mol. The number of aliphatic carboxylic acids is 1. The third-order valence-electron chi connectivity index (χ3n) is 7.92. The van der Waals surface area contributed by atoms with Gasteiger partial charge in [-0.3, -0.25) is 4.79 Å². The van der Waals surface area contributed by atoms with Gasteiger partial charge in [-0.1, -0.05) is 95.8 Å². The quantitative estimate of drug-likeness (QED) is 0.130. The van der Waals surface area contributed by atoms with E-state index < -0.39 is 17.9 Å². The summed E-state index contributed by atoms with van der Waals surface area (Å²) in [5.74, 6) is 0.195. The van der Waals surface area contributed by atoms with Gasteiger partial charge in [-0.15, -0.1) is 0 Å². The van der Waals surface area contributed by atoms with Gasteiger partial charge in [0.05, 0.1) is 19.3 Å². The molecule has 4 rings (SSSR count). The molecule has 0 aliphatic carbocycles. The van der Waals surface area contributed by atoms with E-state index in [9.17, 15) is 14.7 Å². The molecule has 0 saturated carbocycles. The molecule has 1 heterocycles. The van der Waals surface area contributed by atoms with Crippen molar-refractivity contribution in [3.05, 3.63) is 95.8 Å². The fourth-order valence-electron chi connectivity index (χ4n) is 5.07. The second-order valence-corrected chi connectivity index (χ2v) is 12.5. The fourth-order valence-corrected chi connectivity index (χ4v) is 5.07.